The number of aryl methyl sites for hydroxylation is 1. The molecule has 1 aliphatic carbocycles. The van der Waals surface area contributed by atoms with Crippen molar-refractivity contribution in [1.82, 2.24) is 0 Å². The first-order valence-electron chi connectivity index (χ1n) is 8.85. The smallest absolute Gasteiger partial charge is 0.387 e. The van der Waals surface area contributed by atoms with Gasteiger partial charge in [-0.1, -0.05) is 31.2 Å². The molecule has 2 aromatic rings. The van der Waals surface area contributed by atoms with E-state index in [-0.39, 0.29) is 11.7 Å². The molecule has 3 rings (SSSR count). The van der Waals surface area contributed by atoms with Crippen molar-refractivity contribution >= 4 is 10.8 Å². The number of fused-ring (bicyclic) bond motifs is 1. The third-order valence-corrected chi connectivity index (χ3v) is 5.28. The lowest BCUT2D eigenvalue weighted by molar-refractivity contribution is -0.0508. The highest BCUT2D eigenvalue weighted by atomic mass is 19.3. The molecule has 0 saturated heterocycles. The first-order valence-corrected chi connectivity index (χ1v) is 8.85. The van der Waals surface area contributed by atoms with Crippen LogP contribution in [0.1, 0.15) is 49.7 Å². The SMILES string of the molecule is C=CC1CCC(c2c(OC(F)F)cc3cc(CC)ccc3c2F)CC1. The molecule has 0 N–H and O–H groups in total. The third-order valence-electron chi connectivity index (χ3n) is 5.28. The van der Waals surface area contributed by atoms with E-state index in [9.17, 15) is 8.78 Å². The molecule has 0 atom stereocenters. The van der Waals surface area contributed by atoms with E-state index in [1.807, 2.05) is 25.1 Å². The first kappa shape index (κ1) is 17.8. The molecule has 0 heterocycles. The average molecular weight is 348 g/mol. The third kappa shape index (κ3) is 3.68. The van der Waals surface area contributed by atoms with Crippen molar-refractivity contribution in [2.24, 2.45) is 5.92 Å². The fourth-order valence-electron chi connectivity index (χ4n) is 3.84. The Bertz CT molecular complexity index is 761. The van der Waals surface area contributed by atoms with Gasteiger partial charge < -0.3 is 4.74 Å². The minimum Gasteiger partial charge on any atom is -0.434 e. The highest BCUT2D eigenvalue weighted by Crippen LogP contribution is 2.43. The summed E-state index contributed by atoms with van der Waals surface area (Å²) in [5.41, 5.74) is 1.34. The fraction of sp³-hybridized carbons (Fsp3) is 0.429. The summed E-state index contributed by atoms with van der Waals surface area (Å²) in [5.74, 6) is -0.111. The van der Waals surface area contributed by atoms with Gasteiger partial charge in [0, 0.05) is 10.9 Å². The Labute approximate surface area is 146 Å². The summed E-state index contributed by atoms with van der Waals surface area (Å²) in [6.07, 6.45) is 6.03. The number of ether oxygens (including phenoxy) is 1. The summed E-state index contributed by atoms with van der Waals surface area (Å²) in [6.45, 7) is 2.85. The largest absolute Gasteiger partial charge is 0.434 e. The molecule has 2 aromatic carbocycles. The van der Waals surface area contributed by atoms with Gasteiger partial charge in [-0.15, -0.1) is 6.58 Å². The minimum absolute atomic E-state index is 0.0182. The van der Waals surface area contributed by atoms with Crippen LogP contribution in [0.4, 0.5) is 13.2 Å². The molecule has 1 nitrogen and oxygen atoms in total. The van der Waals surface area contributed by atoms with Gasteiger partial charge in [0.2, 0.25) is 0 Å². The Morgan fingerprint density at radius 1 is 1.20 bits per heavy atom. The molecular weight excluding hydrogens is 325 g/mol. The molecule has 134 valence electrons. The zero-order valence-electron chi connectivity index (χ0n) is 14.4. The molecule has 0 aliphatic heterocycles. The lowest BCUT2D eigenvalue weighted by Crippen LogP contribution is -2.15. The molecule has 0 radical (unpaired) electrons. The van der Waals surface area contributed by atoms with Gasteiger partial charge in [0.15, 0.2) is 0 Å². The average Bonchev–Trinajstić information content (AvgIpc) is 2.61. The summed E-state index contributed by atoms with van der Waals surface area (Å²) >= 11 is 0. The zero-order valence-corrected chi connectivity index (χ0v) is 14.4. The second-order valence-corrected chi connectivity index (χ2v) is 6.74. The van der Waals surface area contributed by atoms with Crippen LogP contribution in [0.15, 0.2) is 36.9 Å². The predicted octanol–water partition coefficient (Wildman–Crippen LogP) is 6.60. The van der Waals surface area contributed by atoms with Crippen LogP contribution in [0.25, 0.3) is 10.8 Å². The molecule has 0 amide bonds. The van der Waals surface area contributed by atoms with Gasteiger partial charge in [-0.3, -0.25) is 0 Å². The van der Waals surface area contributed by atoms with E-state index in [0.29, 0.717) is 22.3 Å². The Hall–Kier alpha value is -1.97. The molecule has 0 bridgehead atoms. The summed E-state index contributed by atoms with van der Waals surface area (Å²) in [4.78, 5) is 0. The Kier molecular flexibility index (Phi) is 5.36. The van der Waals surface area contributed by atoms with Crippen molar-refractivity contribution in [1.29, 1.82) is 0 Å². The Morgan fingerprint density at radius 3 is 2.52 bits per heavy atom. The quantitative estimate of drug-likeness (QED) is 0.553. The minimum atomic E-state index is -2.96. The van der Waals surface area contributed by atoms with Crippen molar-refractivity contribution in [3.63, 3.8) is 0 Å². The van der Waals surface area contributed by atoms with E-state index in [4.69, 9.17) is 4.74 Å². The summed E-state index contributed by atoms with van der Waals surface area (Å²) in [5, 5.41) is 1.08. The summed E-state index contributed by atoms with van der Waals surface area (Å²) in [6, 6.07) is 7.04. The first-order chi connectivity index (χ1) is 12.0. The van der Waals surface area contributed by atoms with Crippen LogP contribution in [0.5, 0.6) is 5.75 Å². The molecule has 1 saturated carbocycles. The molecule has 25 heavy (non-hydrogen) atoms. The van der Waals surface area contributed by atoms with E-state index in [1.54, 1.807) is 12.1 Å². The van der Waals surface area contributed by atoms with Gasteiger partial charge >= 0.3 is 6.61 Å². The molecule has 1 aliphatic rings. The number of rotatable bonds is 5. The fourth-order valence-corrected chi connectivity index (χ4v) is 3.84. The molecule has 0 spiro atoms. The summed E-state index contributed by atoms with van der Waals surface area (Å²) < 4.78 is 45.8. The van der Waals surface area contributed by atoms with Crippen LogP contribution >= 0.6 is 0 Å². The Morgan fingerprint density at radius 2 is 1.92 bits per heavy atom. The van der Waals surface area contributed by atoms with Crippen LogP contribution in [-0.2, 0) is 6.42 Å². The van der Waals surface area contributed by atoms with Gasteiger partial charge in [-0.05, 0) is 61.0 Å². The maximum absolute atomic E-state index is 15.2. The van der Waals surface area contributed by atoms with Gasteiger partial charge in [0.05, 0.1) is 0 Å². The number of allylic oxidation sites excluding steroid dienone is 1. The van der Waals surface area contributed by atoms with Crippen molar-refractivity contribution in [3.05, 3.63) is 53.9 Å². The second-order valence-electron chi connectivity index (χ2n) is 6.74. The van der Waals surface area contributed by atoms with Crippen LogP contribution in [0.2, 0.25) is 0 Å². The van der Waals surface area contributed by atoms with E-state index in [2.05, 4.69) is 6.58 Å². The molecular formula is C21H23F3O. The van der Waals surface area contributed by atoms with Gasteiger partial charge in [0.25, 0.3) is 0 Å². The maximum atomic E-state index is 15.2. The van der Waals surface area contributed by atoms with Crippen LogP contribution in [0.3, 0.4) is 0 Å². The number of hydrogen-bond acceptors (Lipinski definition) is 1. The number of hydrogen-bond donors (Lipinski definition) is 0. The van der Waals surface area contributed by atoms with Crippen molar-refractivity contribution in [2.45, 2.75) is 51.6 Å². The maximum Gasteiger partial charge on any atom is 0.387 e. The number of halogens is 3. The van der Waals surface area contributed by atoms with E-state index < -0.39 is 12.4 Å². The zero-order chi connectivity index (χ0) is 18.0. The predicted molar refractivity (Wildman–Crippen MR) is 94.8 cm³/mol. The van der Waals surface area contributed by atoms with Crippen LogP contribution in [-0.4, -0.2) is 6.61 Å². The van der Waals surface area contributed by atoms with Crippen LogP contribution < -0.4 is 4.74 Å². The molecule has 0 aromatic heterocycles. The molecule has 1 fully saturated rings. The standard InChI is InChI=1S/C21H23F3O/c1-3-13-5-8-15(9-6-13)19-18(25-21(23)24)12-16-11-14(4-2)7-10-17(16)20(19)22/h3,7,10-13,15,21H,1,4-6,8-9H2,2H3. The van der Waals surface area contributed by atoms with Crippen LogP contribution in [0, 0.1) is 11.7 Å². The number of benzene rings is 2. The van der Waals surface area contributed by atoms with Gasteiger partial charge in [-0.25, -0.2) is 4.39 Å². The summed E-state index contributed by atoms with van der Waals surface area (Å²) in [7, 11) is 0. The highest BCUT2D eigenvalue weighted by molar-refractivity contribution is 5.86. The normalized spacial score (nSPS) is 20.8. The Balaban J connectivity index is 2.08. The van der Waals surface area contributed by atoms with Crippen molar-refractivity contribution in [2.75, 3.05) is 0 Å². The van der Waals surface area contributed by atoms with Crippen molar-refractivity contribution in [3.8, 4) is 5.75 Å². The second kappa shape index (κ2) is 7.51. The molecule has 4 heteroatoms. The highest BCUT2D eigenvalue weighted by Gasteiger charge is 2.28. The lowest BCUT2D eigenvalue weighted by atomic mass is 9.78. The van der Waals surface area contributed by atoms with Crippen molar-refractivity contribution < 1.29 is 17.9 Å². The molecule has 0 unspecified atom stereocenters. The van der Waals surface area contributed by atoms with E-state index in [0.717, 1.165) is 37.7 Å². The monoisotopic (exact) mass is 348 g/mol. The number of alkyl halides is 2. The van der Waals surface area contributed by atoms with E-state index in [1.165, 1.54) is 0 Å². The van der Waals surface area contributed by atoms with Gasteiger partial charge in [0.1, 0.15) is 11.6 Å². The lowest BCUT2D eigenvalue weighted by Gasteiger charge is -2.29. The topological polar surface area (TPSA) is 9.23 Å². The van der Waals surface area contributed by atoms with Gasteiger partial charge in [-0.2, -0.15) is 8.78 Å². The van der Waals surface area contributed by atoms with E-state index >= 15 is 4.39 Å².